The molecule has 0 aliphatic heterocycles. The molecular weight excluding hydrogens is 260 g/mol. The fourth-order valence-corrected chi connectivity index (χ4v) is 2.20. The molecule has 0 bridgehead atoms. The highest BCUT2D eigenvalue weighted by Crippen LogP contribution is 2.28. The Hall–Kier alpha value is -0.740. The van der Waals surface area contributed by atoms with Crippen molar-refractivity contribution >= 4 is 27.7 Å². The molecular formula is C10H9BrN2S. The summed E-state index contributed by atoms with van der Waals surface area (Å²) >= 11 is 5.13. The first-order valence-electron chi connectivity index (χ1n) is 4.19. The molecule has 0 atom stereocenters. The molecule has 0 radical (unpaired) electrons. The third-order valence-electron chi connectivity index (χ3n) is 1.83. The van der Waals surface area contributed by atoms with Gasteiger partial charge in [0, 0.05) is 15.6 Å². The molecule has 0 spiro atoms. The van der Waals surface area contributed by atoms with Gasteiger partial charge in [-0.25, -0.2) is 0 Å². The number of halogens is 1. The van der Waals surface area contributed by atoms with E-state index in [2.05, 4.69) is 51.3 Å². The van der Waals surface area contributed by atoms with E-state index in [1.165, 1.54) is 10.5 Å². The third-order valence-corrected chi connectivity index (χ3v) is 3.64. The van der Waals surface area contributed by atoms with Crippen LogP contribution in [0.2, 0.25) is 0 Å². The fraction of sp³-hybridized carbons (Fsp3) is 0.100. The number of rotatable bonds is 2. The van der Waals surface area contributed by atoms with Crippen molar-refractivity contribution in [1.29, 1.82) is 0 Å². The van der Waals surface area contributed by atoms with Gasteiger partial charge in [0.15, 0.2) is 0 Å². The van der Waals surface area contributed by atoms with Crippen molar-refractivity contribution in [2.24, 2.45) is 0 Å². The standard InChI is InChI=1S/C10H9BrN2S/c1-7-6-8(2-3-9(7)11)14-10-4-5-12-13-10/h2-6H,1H3,(H,12,13). The van der Waals surface area contributed by atoms with Gasteiger partial charge >= 0.3 is 0 Å². The van der Waals surface area contributed by atoms with Gasteiger partial charge in [-0.1, -0.05) is 27.7 Å². The van der Waals surface area contributed by atoms with Crippen LogP contribution in [0.4, 0.5) is 0 Å². The van der Waals surface area contributed by atoms with Crippen molar-refractivity contribution in [1.82, 2.24) is 10.2 Å². The number of hydrogen-bond donors (Lipinski definition) is 1. The molecule has 0 aliphatic rings. The highest BCUT2D eigenvalue weighted by molar-refractivity contribution is 9.10. The molecule has 2 aromatic rings. The molecule has 0 saturated heterocycles. The number of hydrogen-bond acceptors (Lipinski definition) is 2. The zero-order chi connectivity index (χ0) is 9.97. The monoisotopic (exact) mass is 268 g/mol. The predicted molar refractivity (Wildman–Crippen MR) is 61.6 cm³/mol. The molecule has 1 aromatic carbocycles. The maximum absolute atomic E-state index is 4.09. The van der Waals surface area contributed by atoms with Gasteiger partial charge < -0.3 is 0 Å². The summed E-state index contributed by atoms with van der Waals surface area (Å²) in [6.07, 6.45) is 1.83. The molecule has 72 valence electrons. The van der Waals surface area contributed by atoms with Crippen molar-refractivity contribution < 1.29 is 0 Å². The Labute approximate surface area is 95.2 Å². The molecule has 1 heterocycles. The van der Waals surface area contributed by atoms with Gasteiger partial charge in [0.25, 0.3) is 0 Å². The molecule has 14 heavy (non-hydrogen) atoms. The first-order valence-corrected chi connectivity index (χ1v) is 5.80. The molecule has 0 aliphatic carbocycles. The lowest BCUT2D eigenvalue weighted by molar-refractivity contribution is 1.00. The largest absolute Gasteiger partial charge is 0.285 e. The summed E-state index contributed by atoms with van der Waals surface area (Å²) in [7, 11) is 0. The Balaban J connectivity index is 2.22. The summed E-state index contributed by atoms with van der Waals surface area (Å²) in [5.41, 5.74) is 1.24. The number of aromatic amines is 1. The summed E-state index contributed by atoms with van der Waals surface area (Å²) in [4.78, 5) is 1.21. The van der Waals surface area contributed by atoms with E-state index >= 15 is 0 Å². The number of aryl methyl sites for hydroxylation is 1. The topological polar surface area (TPSA) is 28.7 Å². The van der Waals surface area contributed by atoms with Crippen LogP contribution in [0, 0.1) is 6.92 Å². The van der Waals surface area contributed by atoms with Crippen LogP contribution in [0.1, 0.15) is 5.56 Å². The second kappa shape index (κ2) is 4.19. The molecule has 2 rings (SSSR count). The lowest BCUT2D eigenvalue weighted by Crippen LogP contribution is -1.78. The van der Waals surface area contributed by atoms with Crippen LogP contribution in [-0.4, -0.2) is 10.2 Å². The maximum atomic E-state index is 4.09. The molecule has 0 saturated carbocycles. The van der Waals surface area contributed by atoms with E-state index in [4.69, 9.17) is 0 Å². The van der Waals surface area contributed by atoms with E-state index in [0.717, 1.165) is 9.50 Å². The van der Waals surface area contributed by atoms with Gasteiger partial charge in [-0.3, -0.25) is 5.10 Å². The molecule has 0 amide bonds. The van der Waals surface area contributed by atoms with Crippen LogP contribution in [0.15, 0.2) is 44.9 Å². The van der Waals surface area contributed by atoms with E-state index in [1.807, 2.05) is 12.3 Å². The molecule has 1 N–H and O–H groups in total. The summed E-state index contributed by atoms with van der Waals surface area (Å²) in [5.74, 6) is 0. The van der Waals surface area contributed by atoms with E-state index in [1.54, 1.807) is 11.8 Å². The van der Waals surface area contributed by atoms with E-state index in [-0.39, 0.29) is 0 Å². The number of benzene rings is 1. The molecule has 4 heteroatoms. The molecule has 0 unspecified atom stereocenters. The van der Waals surface area contributed by atoms with Crippen LogP contribution in [0.25, 0.3) is 0 Å². The molecule has 2 nitrogen and oxygen atoms in total. The third kappa shape index (κ3) is 2.19. The van der Waals surface area contributed by atoms with Gasteiger partial charge in [0.05, 0.1) is 0 Å². The van der Waals surface area contributed by atoms with Crippen LogP contribution in [0.3, 0.4) is 0 Å². The van der Waals surface area contributed by atoms with Crippen LogP contribution in [-0.2, 0) is 0 Å². The van der Waals surface area contributed by atoms with E-state index in [9.17, 15) is 0 Å². The smallest absolute Gasteiger partial charge is 0.123 e. The average Bonchev–Trinajstić information content (AvgIpc) is 2.64. The maximum Gasteiger partial charge on any atom is 0.123 e. The Morgan fingerprint density at radius 2 is 2.21 bits per heavy atom. The molecule has 1 aromatic heterocycles. The zero-order valence-corrected chi connectivity index (χ0v) is 10.0. The van der Waals surface area contributed by atoms with Gasteiger partial charge in [-0.2, -0.15) is 5.10 Å². The lowest BCUT2D eigenvalue weighted by Gasteiger charge is -2.01. The van der Waals surface area contributed by atoms with Crippen molar-refractivity contribution in [2.45, 2.75) is 16.8 Å². The predicted octanol–water partition coefficient (Wildman–Crippen LogP) is 3.63. The second-order valence-corrected chi connectivity index (χ2v) is 4.87. The van der Waals surface area contributed by atoms with E-state index < -0.39 is 0 Å². The minimum atomic E-state index is 0.992. The van der Waals surface area contributed by atoms with Gasteiger partial charge in [-0.05, 0) is 36.8 Å². The van der Waals surface area contributed by atoms with Crippen LogP contribution >= 0.6 is 27.7 Å². The summed E-state index contributed by atoms with van der Waals surface area (Å²) in [5, 5.41) is 7.88. The number of H-pyrrole nitrogens is 1. The number of aromatic nitrogens is 2. The number of nitrogens with one attached hydrogen (secondary N) is 1. The zero-order valence-electron chi connectivity index (χ0n) is 7.62. The normalized spacial score (nSPS) is 10.4. The minimum absolute atomic E-state index is 0.992. The van der Waals surface area contributed by atoms with Crippen LogP contribution < -0.4 is 0 Å². The van der Waals surface area contributed by atoms with Crippen molar-refractivity contribution in [3.63, 3.8) is 0 Å². The molecule has 0 fully saturated rings. The summed E-state index contributed by atoms with van der Waals surface area (Å²) in [6, 6.07) is 8.24. The second-order valence-electron chi connectivity index (χ2n) is 2.93. The highest BCUT2D eigenvalue weighted by atomic mass is 79.9. The van der Waals surface area contributed by atoms with Gasteiger partial charge in [0.2, 0.25) is 0 Å². The fourth-order valence-electron chi connectivity index (χ4n) is 1.10. The Kier molecular flexibility index (Phi) is 2.93. The van der Waals surface area contributed by atoms with Crippen molar-refractivity contribution in [2.75, 3.05) is 0 Å². The quantitative estimate of drug-likeness (QED) is 0.901. The minimum Gasteiger partial charge on any atom is -0.285 e. The van der Waals surface area contributed by atoms with Gasteiger partial charge in [0.1, 0.15) is 5.03 Å². The van der Waals surface area contributed by atoms with Gasteiger partial charge in [-0.15, -0.1) is 0 Å². The summed E-state index contributed by atoms with van der Waals surface area (Å²) < 4.78 is 1.14. The van der Waals surface area contributed by atoms with Crippen LogP contribution in [0.5, 0.6) is 0 Å². The average molecular weight is 269 g/mol. The lowest BCUT2D eigenvalue weighted by atomic mass is 10.2. The summed E-state index contributed by atoms with van der Waals surface area (Å²) in [6.45, 7) is 2.08. The van der Waals surface area contributed by atoms with Crippen molar-refractivity contribution in [3.8, 4) is 0 Å². The first kappa shape index (κ1) is 9.80. The Bertz CT molecular complexity index is 426. The SMILES string of the molecule is Cc1cc(Sc2cc[nH]n2)ccc1Br. The van der Waals surface area contributed by atoms with E-state index in [0.29, 0.717) is 0 Å². The number of nitrogens with zero attached hydrogens (tertiary/aromatic N) is 1. The Morgan fingerprint density at radius 3 is 2.86 bits per heavy atom. The Morgan fingerprint density at radius 1 is 1.36 bits per heavy atom. The van der Waals surface area contributed by atoms with Crippen molar-refractivity contribution in [3.05, 3.63) is 40.5 Å². The highest BCUT2D eigenvalue weighted by Gasteiger charge is 2.00. The first-order chi connectivity index (χ1) is 6.75.